The molecular weight excluding hydrogens is 114 g/mol. The van der Waals surface area contributed by atoms with Gasteiger partial charge in [0.2, 0.25) is 0 Å². The second-order valence-corrected chi connectivity index (χ2v) is 2.80. The van der Waals surface area contributed by atoms with Crippen molar-refractivity contribution < 1.29 is 0 Å². The van der Waals surface area contributed by atoms with Crippen molar-refractivity contribution in [2.75, 3.05) is 13.1 Å². The highest BCUT2D eigenvalue weighted by Gasteiger charge is 2.14. The van der Waals surface area contributed by atoms with Crippen molar-refractivity contribution >= 4 is 0 Å². The summed E-state index contributed by atoms with van der Waals surface area (Å²) in [4.78, 5) is 0. The second-order valence-electron chi connectivity index (χ2n) is 2.80. The topological polar surface area (TPSA) is 36.1 Å². The number of rotatable bonds is 3. The SMILES string of the molecule is CC(C)NNC1CNC1. The summed E-state index contributed by atoms with van der Waals surface area (Å²) in [6, 6.07) is 1.18. The van der Waals surface area contributed by atoms with Gasteiger partial charge in [-0.3, -0.25) is 10.9 Å². The van der Waals surface area contributed by atoms with Crippen LogP contribution in [0.3, 0.4) is 0 Å². The summed E-state index contributed by atoms with van der Waals surface area (Å²) in [6.07, 6.45) is 0. The minimum Gasteiger partial charge on any atom is -0.313 e. The van der Waals surface area contributed by atoms with Crippen molar-refractivity contribution in [3.63, 3.8) is 0 Å². The van der Waals surface area contributed by atoms with Crippen LogP contribution in [0.1, 0.15) is 13.8 Å². The lowest BCUT2D eigenvalue weighted by atomic mass is 10.2. The Bertz CT molecular complexity index is 78.4. The molecule has 1 aliphatic rings. The average molecular weight is 129 g/mol. The van der Waals surface area contributed by atoms with E-state index in [-0.39, 0.29) is 0 Å². The van der Waals surface area contributed by atoms with Crippen LogP contribution in [0.4, 0.5) is 0 Å². The van der Waals surface area contributed by atoms with Crippen LogP contribution in [-0.2, 0) is 0 Å². The van der Waals surface area contributed by atoms with Crippen LogP contribution in [-0.4, -0.2) is 25.2 Å². The maximum Gasteiger partial charge on any atom is 0.0462 e. The smallest absolute Gasteiger partial charge is 0.0462 e. The molecule has 0 aliphatic carbocycles. The summed E-state index contributed by atoms with van der Waals surface area (Å²) >= 11 is 0. The molecule has 0 atom stereocenters. The molecule has 0 unspecified atom stereocenters. The van der Waals surface area contributed by atoms with Gasteiger partial charge in [0.1, 0.15) is 0 Å². The number of hydrogen-bond donors (Lipinski definition) is 3. The number of nitrogens with one attached hydrogen (secondary N) is 3. The van der Waals surface area contributed by atoms with Gasteiger partial charge in [-0.25, -0.2) is 0 Å². The molecule has 1 heterocycles. The Morgan fingerprint density at radius 2 is 2.11 bits per heavy atom. The molecule has 0 bridgehead atoms. The molecule has 0 aromatic rings. The van der Waals surface area contributed by atoms with Crippen LogP contribution < -0.4 is 16.2 Å². The van der Waals surface area contributed by atoms with Crippen molar-refractivity contribution in [2.24, 2.45) is 0 Å². The van der Waals surface area contributed by atoms with Crippen LogP contribution in [0.15, 0.2) is 0 Å². The quantitative estimate of drug-likeness (QED) is 0.448. The largest absolute Gasteiger partial charge is 0.313 e. The van der Waals surface area contributed by atoms with Gasteiger partial charge in [0.15, 0.2) is 0 Å². The first-order valence-electron chi connectivity index (χ1n) is 3.51. The fraction of sp³-hybridized carbons (Fsp3) is 1.00. The van der Waals surface area contributed by atoms with E-state index in [0.29, 0.717) is 12.1 Å². The predicted molar refractivity (Wildman–Crippen MR) is 38.1 cm³/mol. The van der Waals surface area contributed by atoms with Gasteiger partial charge in [0.25, 0.3) is 0 Å². The molecule has 9 heavy (non-hydrogen) atoms. The van der Waals surface area contributed by atoms with Crippen molar-refractivity contribution in [2.45, 2.75) is 25.9 Å². The van der Waals surface area contributed by atoms with E-state index in [0.717, 1.165) is 13.1 Å². The molecule has 3 heteroatoms. The van der Waals surface area contributed by atoms with E-state index in [1.54, 1.807) is 0 Å². The molecule has 1 aliphatic heterocycles. The highest BCUT2D eigenvalue weighted by Crippen LogP contribution is 1.87. The van der Waals surface area contributed by atoms with Gasteiger partial charge in [-0.1, -0.05) is 0 Å². The molecule has 0 amide bonds. The van der Waals surface area contributed by atoms with Crippen LogP contribution in [0.2, 0.25) is 0 Å². The lowest BCUT2D eigenvalue weighted by Gasteiger charge is -2.29. The lowest BCUT2D eigenvalue weighted by Crippen LogP contribution is -2.60. The van der Waals surface area contributed by atoms with Gasteiger partial charge < -0.3 is 5.32 Å². The third-order valence-corrected chi connectivity index (χ3v) is 1.36. The summed E-state index contributed by atoms with van der Waals surface area (Å²) < 4.78 is 0. The fourth-order valence-corrected chi connectivity index (χ4v) is 0.675. The van der Waals surface area contributed by atoms with E-state index >= 15 is 0 Å². The van der Waals surface area contributed by atoms with Gasteiger partial charge in [0.05, 0.1) is 0 Å². The third-order valence-electron chi connectivity index (χ3n) is 1.36. The molecular formula is C6H15N3. The molecule has 3 nitrogen and oxygen atoms in total. The van der Waals surface area contributed by atoms with Crippen LogP contribution >= 0.6 is 0 Å². The first kappa shape index (κ1) is 6.99. The van der Waals surface area contributed by atoms with E-state index in [9.17, 15) is 0 Å². The summed E-state index contributed by atoms with van der Waals surface area (Å²) in [6.45, 7) is 6.44. The first-order chi connectivity index (χ1) is 4.29. The Balaban J connectivity index is 1.91. The van der Waals surface area contributed by atoms with Gasteiger partial charge in [-0.2, -0.15) is 0 Å². The third kappa shape index (κ3) is 2.30. The zero-order chi connectivity index (χ0) is 6.69. The van der Waals surface area contributed by atoms with Crippen LogP contribution in [0.5, 0.6) is 0 Å². The molecule has 54 valence electrons. The van der Waals surface area contributed by atoms with E-state index in [1.807, 2.05) is 0 Å². The molecule has 3 N–H and O–H groups in total. The molecule has 0 spiro atoms. The standard InChI is InChI=1S/C6H15N3/c1-5(2)8-9-6-3-7-4-6/h5-9H,3-4H2,1-2H3. The zero-order valence-electron chi connectivity index (χ0n) is 6.07. The Hall–Kier alpha value is -0.120. The predicted octanol–water partition coefficient (Wildman–Crippen LogP) is -0.539. The van der Waals surface area contributed by atoms with Crippen molar-refractivity contribution in [1.82, 2.24) is 16.2 Å². The molecule has 0 saturated carbocycles. The summed E-state index contributed by atoms with van der Waals surface area (Å²) in [5, 5.41) is 3.18. The molecule has 1 saturated heterocycles. The average Bonchev–Trinajstić information content (AvgIpc) is 1.60. The minimum atomic E-state index is 0.533. The Kier molecular flexibility index (Phi) is 2.45. The Morgan fingerprint density at radius 1 is 1.44 bits per heavy atom. The van der Waals surface area contributed by atoms with Gasteiger partial charge in [-0.15, -0.1) is 0 Å². The lowest BCUT2D eigenvalue weighted by molar-refractivity contribution is 0.309. The Labute approximate surface area is 56.2 Å². The normalized spacial score (nSPS) is 20.3. The van der Waals surface area contributed by atoms with E-state index in [2.05, 4.69) is 30.0 Å². The minimum absolute atomic E-state index is 0.533. The van der Waals surface area contributed by atoms with Crippen LogP contribution in [0.25, 0.3) is 0 Å². The zero-order valence-corrected chi connectivity index (χ0v) is 6.07. The molecule has 0 radical (unpaired) electrons. The summed E-state index contributed by atoms with van der Waals surface area (Å²) in [5.41, 5.74) is 6.36. The first-order valence-corrected chi connectivity index (χ1v) is 3.51. The summed E-state index contributed by atoms with van der Waals surface area (Å²) in [5.74, 6) is 0. The van der Waals surface area contributed by atoms with Crippen molar-refractivity contribution in [3.8, 4) is 0 Å². The van der Waals surface area contributed by atoms with Gasteiger partial charge in [-0.05, 0) is 13.8 Å². The maximum atomic E-state index is 3.21. The highest BCUT2D eigenvalue weighted by atomic mass is 15.4. The van der Waals surface area contributed by atoms with Crippen molar-refractivity contribution in [1.29, 1.82) is 0 Å². The molecule has 0 aromatic heterocycles. The second kappa shape index (κ2) is 3.15. The van der Waals surface area contributed by atoms with Gasteiger partial charge in [0, 0.05) is 25.2 Å². The molecule has 1 rings (SSSR count). The number of hydrogen-bond acceptors (Lipinski definition) is 3. The monoisotopic (exact) mass is 129 g/mol. The number of hydrazine groups is 1. The molecule has 0 aromatic carbocycles. The van der Waals surface area contributed by atoms with E-state index in [1.165, 1.54) is 0 Å². The maximum absolute atomic E-state index is 3.21. The molecule has 1 fully saturated rings. The van der Waals surface area contributed by atoms with Crippen LogP contribution in [0, 0.1) is 0 Å². The van der Waals surface area contributed by atoms with Crippen molar-refractivity contribution in [3.05, 3.63) is 0 Å². The van der Waals surface area contributed by atoms with Gasteiger partial charge >= 0.3 is 0 Å². The highest BCUT2D eigenvalue weighted by molar-refractivity contribution is 4.79. The van der Waals surface area contributed by atoms with E-state index in [4.69, 9.17) is 0 Å². The summed E-state index contributed by atoms with van der Waals surface area (Å²) in [7, 11) is 0. The fourth-order valence-electron chi connectivity index (χ4n) is 0.675. The van der Waals surface area contributed by atoms with E-state index < -0.39 is 0 Å². The Morgan fingerprint density at radius 3 is 2.44 bits per heavy atom.